The number of carbonyl (C=O) groups is 1. The van der Waals surface area contributed by atoms with Crippen molar-refractivity contribution in [3.63, 3.8) is 0 Å². The summed E-state index contributed by atoms with van der Waals surface area (Å²) < 4.78 is 0. The molecule has 4 heteroatoms. The van der Waals surface area contributed by atoms with Crippen molar-refractivity contribution in [2.24, 2.45) is 0 Å². The summed E-state index contributed by atoms with van der Waals surface area (Å²) in [4.78, 5) is 10.6. The molecule has 1 aromatic rings. The Bertz CT molecular complexity index is 440. The molecule has 3 nitrogen and oxygen atoms in total. The molecular weight excluding hydrogens is 226 g/mol. The van der Waals surface area contributed by atoms with Crippen LogP contribution < -0.4 is 5.73 Å². The quantitative estimate of drug-likeness (QED) is 0.797. The lowest BCUT2D eigenvalue weighted by Crippen LogP contribution is -2.03. The maximum atomic E-state index is 10.6. The molecule has 0 aliphatic rings. The molecule has 0 saturated heterocycles. The Morgan fingerprint density at radius 2 is 2.12 bits per heavy atom. The molecule has 86 valence electrons. The molecule has 3 N–H and O–H groups in total. The van der Waals surface area contributed by atoms with E-state index in [0.717, 1.165) is 11.1 Å². The van der Waals surface area contributed by atoms with E-state index in [4.69, 9.17) is 22.4 Å². The van der Waals surface area contributed by atoms with Gasteiger partial charge in [0.05, 0.1) is 17.1 Å². The van der Waals surface area contributed by atoms with Crippen LogP contribution >= 0.6 is 11.6 Å². The summed E-state index contributed by atoms with van der Waals surface area (Å²) in [5.74, 6) is -0.929. The minimum absolute atomic E-state index is 0.134. The van der Waals surface area contributed by atoms with Crippen LogP contribution in [0.1, 0.15) is 23.1 Å². The molecule has 0 radical (unpaired) electrons. The zero-order valence-corrected chi connectivity index (χ0v) is 10.1. The molecule has 0 heterocycles. The van der Waals surface area contributed by atoms with E-state index in [2.05, 4.69) is 6.58 Å². The van der Waals surface area contributed by atoms with Crippen LogP contribution in [0.2, 0.25) is 5.02 Å². The Morgan fingerprint density at radius 1 is 1.56 bits per heavy atom. The zero-order valence-electron chi connectivity index (χ0n) is 9.30. The highest BCUT2D eigenvalue weighted by Crippen LogP contribution is 2.34. The van der Waals surface area contributed by atoms with E-state index in [1.54, 1.807) is 6.07 Å². The third-order valence-electron chi connectivity index (χ3n) is 2.55. The summed E-state index contributed by atoms with van der Waals surface area (Å²) in [5, 5.41) is 9.17. The van der Waals surface area contributed by atoms with Gasteiger partial charge in [-0.3, -0.25) is 4.79 Å². The number of hydrogen-bond donors (Lipinski definition) is 2. The molecule has 0 bridgehead atoms. The van der Waals surface area contributed by atoms with Gasteiger partial charge in [0.2, 0.25) is 0 Å². The fourth-order valence-electron chi connectivity index (χ4n) is 1.62. The third-order valence-corrected chi connectivity index (χ3v) is 2.87. The van der Waals surface area contributed by atoms with Crippen LogP contribution in [0.4, 0.5) is 5.69 Å². The number of aryl methyl sites for hydroxylation is 1. The molecule has 1 rings (SSSR count). The number of carboxylic acids is 1. The van der Waals surface area contributed by atoms with Gasteiger partial charge < -0.3 is 10.8 Å². The monoisotopic (exact) mass is 239 g/mol. The Morgan fingerprint density at radius 3 is 2.62 bits per heavy atom. The summed E-state index contributed by atoms with van der Waals surface area (Å²) in [5.41, 5.74) is 9.28. The molecule has 0 aliphatic carbocycles. The van der Waals surface area contributed by atoms with Crippen molar-refractivity contribution in [1.82, 2.24) is 0 Å². The average Bonchev–Trinajstić information content (AvgIpc) is 2.14. The first-order valence-electron chi connectivity index (χ1n) is 4.79. The second kappa shape index (κ2) is 4.58. The second-order valence-corrected chi connectivity index (χ2v) is 4.17. The molecule has 0 amide bonds. The second-order valence-electron chi connectivity index (χ2n) is 3.76. The number of anilines is 1. The summed E-state index contributed by atoms with van der Waals surface area (Å²) >= 11 is 5.96. The topological polar surface area (TPSA) is 63.3 Å². The molecule has 0 fully saturated rings. The molecule has 0 aromatic heterocycles. The van der Waals surface area contributed by atoms with Crippen molar-refractivity contribution in [3.8, 4) is 0 Å². The maximum absolute atomic E-state index is 10.6. The van der Waals surface area contributed by atoms with Gasteiger partial charge in [-0.25, -0.2) is 0 Å². The van der Waals surface area contributed by atoms with Gasteiger partial charge in [0, 0.05) is 5.56 Å². The van der Waals surface area contributed by atoms with Crippen LogP contribution in [0.3, 0.4) is 0 Å². The number of hydrogen-bond acceptors (Lipinski definition) is 2. The maximum Gasteiger partial charge on any atom is 0.307 e. The first-order valence-corrected chi connectivity index (χ1v) is 5.17. The van der Waals surface area contributed by atoms with Gasteiger partial charge in [0.15, 0.2) is 0 Å². The molecule has 0 aliphatic heterocycles. The van der Waals surface area contributed by atoms with Gasteiger partial charge in [-0.1, -0.05) is 18.2 Å². The van der Waals surface area contributed by atoms with Crippen molar-refractivity contribution in [2.45, 2.75) is 20.3 Å². The van der Waals surface area contributed by atoms with Gasteiger partial charge >= 0.3 is 5.97 Å². The fraction of sp³-hybridized carbons (Fsp3) is 0.250. The van der Waals surface area contributed by atoms with Crippen LogP contribution in [0.5, 0.6) is 0 Å². The minimum Gasteiger partial charge on any atom is -0.481 e. The highest BCUT2D eigenvalue weighted by molar-refractivity contribution is 6.33. The van der Waals surface area contributed by atoms with Gasteiger partial charge in [-0.2, -0.15) is 0 Å². The summed E-state index contributed by atoms with van der Waals surface area (Å²) in [6, 6.07) is 1.77. The predicted octanol–water partition coefficient (Wildman–Crippen LogP) is 3.03. The normalized spacial score (nSPS) is 10.2. The SMILES string of the molecule is C=C(CC(=O)O)c1c(C)c(C)cc(Cl)c1N. The van der Waals surface area contributed by atoms with Gasteiger partial charge in [-0.15, -0.1) is 0 Å². The van der Waals surface area contributed by atoms with Crippen molar-refractivity contribution < 1.29 is 9.90 Å². The largest absolute Gasteiger partial charge is 0.481 e. The highest BCUT2D eigenvalue weighted by atomic mass is 35.5. The number of carboxylic acid groups (broad SMARTS) is 1. The van der Waals surface area contributed by atoms with Crippen LogP contribution in [-0.4, -0.2) is 11.1 Å². The Hall–Kier alpha value is -1.48. The smallest absolute Gasteiger partial charge is 0.307 e. The lowest BCUT2D eigenvalue weighted by atomic mass is 9.94. The van der Waals surface area contributed by atoms with Crippen molar-refractivity contribution in [2.75, 3.05) is 5.73 Å². The molecule has 16 heavy (non-hydrogen) atoms. The fourth-order valence-corrected chi connectivity index (χ4v) is 1.88. The van der Waals surface area contributed by atoms with E-state index in [-0.39, 0.29) is 6.42 Å². The molecule has 1 aromatic carbocycles. The van der Waals surface area contributed by atoms with E-state index in [9.17, 15) is 4.79 Å². The Kier molecular flexibility index (Phi) is 3.60. The predicted molar refractivity (Wildman–Crippen MR) is 66.6 cm³/mol. The van der Waals surface area contributed by atoms with Crippen molar-refractivity contribution in [1.29, 1.82) is 0 Å². The summed E-state index contributed by atoms with van der Waals surface area (Å²) in [6.45, 7) is 7.53. The number of rotatable bonds is 3. The minimum atomic E-state index is -0.929. The first kappa shape index (κ1) is 12.6. The van der Waals surface area contributed by atoms with Crippen molar-refractivity contribution >= 4 is 28.8 Å². The number of halogens is 1. The Balaban J connectivity index is 3.32. The first-order chi connectivity index (χ1) is 7.34. The van der Waals surface area contributed by atoms with E-state index < -0.39 is 5.97 Å². The molecular formula is C12H14ClNO2. The number of aliphatic carboxylic acids is 1. The van der Waals surface area contributed by atoms with E-state index in [1.807, 2.05) is 13.8 Å². The number of benzene rings is 1. The van der Waals surface area contributed by atoms with Crippen LogP contribution in [0.15, 0.2) is 12.6 Å². The number of nitrogens with two attached hydrogens (primary N) is 1. The number of nitrogen functional groups attached to an aromatic ring is 1. The van der Waals surface area contributed by atoms with Crippen LogP contribution in [0.25, 0.3) is 5.57 Å². The standard InChI is InChI=1S/C12H14ClNO2/c1-6-4-9(13)12(14)11(8(6)3)7(2)5-10(15)16/h4H,2,5,14H2,1,3H3,(H,15,16). The Labute approximate surface area is 99.5 Å². The summed E-state index contributed by atoms with van der Waals surface area (Å²) in [7, 11) is 0. The van der Waals surface area contributed by atoms with E-state index in [0.29, 0.717) is 21.8 Å². The van der Waals surface area contributed by atoms with Crippen LogP contribution in [0, 0.1) is 13.8 Å². The summed E-state index contributed by atoms with van der Waals surface area (Å²) in [6.07, 6.45) is -0.134. The molecule has 0 unspecified atom stereocenters. The molecule has 0 spiro atoms. The van der Waals surface area contributed by atoms with Gasteiger partial charge in [0.1, 0.15) is 0 Å². The molecule has 0 atom stereocenters. The zero-order chi connectivity index (χ0) is 12.5. The van der Waals surface area contributed by atoms with E-state index in [1.165, 1.54) is 0 Å². The van der Waals surface area contributed by atoms with Crippen LogP contribution in [-0.2, 0) is 4.79 Å². The highest BCUT2D eigenvalue weighted by Gasteiger charge is 2.14. The average molecular weight is 240 g/mol. The molecule has 0 saturated carbocycles. The van der Waals surface area contributed by atoms with Crippen molar-refractivity contribution in [3.05, 3.63) is 34.4 Å². The lowest BCUT2D eigenvalue weighted by molar-refractivity contribution is -0.135. The van der Waals surface area contributed by atoms with Gasteiger partial charge in [-0.05, 0) is 36.6 Å². The van der Waals surface area contributed by atoms with E-state index >= 15 is 0 Å². The van der Waals surface area contributed by atoms with Gasteiger partial charge in [0.25, 0.3) is 0 Å². The third kappa shape index (κ3) is 2.36. The lowest BCUT2D eigenvalue weighted by Gasteiger charge is -2.14.